The van der Waals surface area contributed by atoms with Gasteiger partial charge in [0.15, 0.2) is 16.5 Å². The molecule has 9 heteroatoms. The molecular weight excluding hydrogens is 529 g/mol. The van der Waals surface area contributed by atoms with E-state index in [2.05, 4.69) is 122 Å². The molecule has 0 N–H and O–H groups in total. The molecule has 2 aliphatic rings. The van der Waals surface area contributed by atoms with Crippen LogP contribution < -0.4 is 0 Å². The topological polar surface area (TPSA) is 49.9 Å². The molecule has 2 saturated heterocycles. The van der Waals surface area contributed by atoms with Crippen LogP contribution in [0.3, 0.4) is 0 Å². The first-order valence-corrected chi connectivity index (χ1v) is 24.2. The van der Waals surface area contributed by atoms with Crippen molar-refractivity contribution in [1.82, 2.24) is 9.13 Å². The summed E-state index contributed by atoms with van der Waals surface area (Å²) in [5, 5.41) is 0.691. The van der Waals surface area contributed by atoms with Crippen molar-refractivity contribution >= 4 is 48.6 Å². The predicted octanol–water partition coefficient (Wildman–Crippen LogP) is 8.70. The highest BCUT2D eigenvalue weighted by atomic mass is 32.2. The second-order valence-corrected chi connectivity index (χ2v) is 32.2. The minimum Gasteiger partial charge on any atom is -0.519 e. The molecule has 2 amide bonds. The van der Waals surface area contributed by atoms with Crippen LogP contribution in [0, 0.1) is 0 Å². The molecule has 5 nitrogen and oxygen atoms in total. The number of rotatable bonds is 8. The highest BCUT2D eigenvalue weighted by molar-refractivity contribution is 8.00. The molecule has 37 heavy (non-hydrogen) atoms. The lowest BCUT2D eigenvalue weighted by Crippen LogP contribution is -2.62. The van der Waals surface area contributed by atoms with Crippen molar-refractivity contribution < 1.29 is 14.0 Å². The zero-order chi connectivity index (χ0) is 29.0. The SMILES string of the molecule is CC(C)(C)[Si](C)(C)OC(=O)CCCCC1SCC2C1N([Si](C)(C)C(C)(C)C)C(=O)N2[Si](C)(C)C(C)(C)C. The lowest BCUT2D eigenvalue weighted by atomic mass is 10.0. The zero-order valence-electron chi connectivity index (χ0n) is 26.8. The van der Waals surface area contributed by atoms with Gasteiger partial charge in [0.25, 0.3) is 14.3 Å². The van der Waals surface area contributed by atoms with Gasteiger partial charge in [-0.2, -0.15) is 11.8 Å². The summed E-state index contributed by atoms with van der Waals surface area (Å²) in [5.41, 5.74) is 0. The normalized spacial score (nSPS) is 24.1. The fourth-order valence-corrected chi connectivity index (χ4v) is 12.7. The van der Waals surface area contributed by atoms with E-state index in [4.69, 9.17) is 4.43 Å². The Kier molecular flexibility index (Phi) is 9.45. The fraction of sp³-hybridized carbons (Fsp3) is 0.929. The average molecular weight is 587 g/mol. The molecule has 0 spiro atoms. The van der Waals surface area contributed by atoms with Gasteiger partial charge in [-0.05, 0) is 41.1 Å². The summed E-state index contributed by atoms with van der Waals surface area (Å²) in [6.45, 7) is 34.3. The number of hydrogen-bond donors (Lipinski definition) is 0. The summed E-state index contributed by atoms with van der Waals surface area (Å²) in [6, 6.07) is 0.907. The molecule has 2 aliphatic heterocycles. The molecule has 0 aromatic rings. The third-order valence-electron chi connectivity index (χ3n) is 10.5. The van der Waals surface area contributed by atoms with E-state index in [9.17, 15) is 9.59 Å². The van der Waals surface area contributed by atoms with Gasteiger partial charge in [0.2, 0.25) is 0 Å². The highest BCUT2D eigenvalue weighted by Crippen LogP contribution is 2.52. The van der Waals surface area contributed by atoms with Gasteiger partial charge in [-0.15, -0.1) is 0 Å². The lowest BCUT2D eigenvalue weighted by molar-refractivity contribution is -0.135. The van der Waals surface area contributed by atoms with Crippen LogP contribution in [-0.4, -0.2) is 69.0 Å². The van der Waals surface area contributed by atoms with Gasteiger partial charge in [-0.1, -0.05) is 94.9 Å². The van der Waals surface area contributed by atoms with Crippen LogP contribution in [0.5, 0.6) is 0 Å². The molecule has 0 saturated carbocycles. The quantitative estimate of drug-likeness (QED) is 0.162. The number of urea groups is 1. The van der Waals surface area contributed by atoms with Crippen LogP contribution in [0.1, 0.15) is 88.0 Å². The summed E-state index contributed by atoms with van der Waals surface area (Å²) in [4.78, 5) is 27.0. The second kappa shape index (κ2) is 10.6. The van der Waals surface area contributed by atoms with Gasteiger partial charge >= 0.3 is 6.03 Å². The molecular formula is C28H58N2O3SSi3. The fourth-order valence-electron chi connectivity index (χ4n) is 4.96. The monoisotopic (exact) mass is 586 g/mol. The number of nitrogens with zero attached hydrogens (tertiary/aromatic N) is 2. The molecule has 0 aromatic heterocycles. The lowest BCUT2D eigenvalue weighted by Gasteiger charge is -2.48. The van der Waals surface area contributed by atoms with E-state index in [1.54, 1.807) is 0 Å². The minimum absolute atomic E-state index is 0.0356. The van der Waals surface area contributed by atoms with Crippen LogP contribution in [0.25, 0.3) is 0 Å². The molecule has 2 rings (SSSR count). The van der Waals surface area contributed by atoms with Gasteiger partial charge in [-0.25, -0.2) is 0 Å². The van der Waals surface area contributed by atoms with Crippen molar-refractivity contribution in [3.63, 3.8) is 0 Å². The first-order chi connectivity index (χ1) is 16.4. The van der Waals surface area contributed by atoms with Gasteiger partial charge in [0.1, 0.15) is 0 Å². The number of carbonyl (C=O) groups is 2. The van der Waals surface area contributed by atoms with Crippen molar-refractivity contribution in [3.05, 3.63) is 0 Å². The number of carbonyl (C=O) groups excluding carboxylic acids is 2. The number of fused-ring (bicyclic) bond motifs is 1. The third kappa shape index (κ3) is 6.40. The Labute approximate surface area is 236 Å². The van der Waals surface area contributed by atoms with E-state index < -0.39 is 24.8 Å². The van der Waals surface area contributed by atoms with Crippen LogP contribution in [0.2, 0.25) is 54.4 Å². The van der Waals surface area contributed by atoms with Crippen molar-refractivity contribution in [1.29, 1.82) is 0 Å². The van der Waals surface area contributed by atoms with Crippen LogP contribution in [0.15, 0.2) is 0 Å². The van der Waals surface area contributed by atoms with Gasteiger partial charge in [0, 0.05) is 17.4 Å². The molecule has 3 atom stereocenters. The third-order valence-corrected chi connectivity index (χ3v) is 27.1. The van der Waals surface area contributed by atoms with Crippen molar-refractivity contribution in [2.45, 2.75) is 160 Å². The number of amides is 2. The maximum absolute atomic E-state index is 14.3. The summed E-state index contributed by atoms with van der Waals surface area (Å²) in [7, 11) is -6.16. The smallest absolute Gasteiger partial charge is 0.304 e. The number of hydrogen-bond acceptors (Lipinski definition) is 4. The largest absolute Gasteiger partial charge is 0.519 e. The van der Waals surface area contributed by atoms with Gasteiger partial charge in [-0.3, -0.25) is 9.59 Å². The molecule has 216 valence electrons. The number of unbranched alkanes of at least 4 members (excludes halogenated alkanes) is 1. The average Bonchev–Trinajstić information content (AvgIpc) is 3.18. The van der Waals surface area contributed by atoms with Crippen LogP contribution in [-0.2, 0) is 9.22 Å². The van der Waals surface area contributed by atoms with E-state index in [0.717, 1.165) is 25.0 Å². The van der Waals surface area contributed by atoms with Crippen molar-refractivity contribution in [3.8, 4) is 0 Å². The first kappa shape index (κ1) is 32.9. The standard InChI is InChI=1S/C28H58N2O3SSi3/c1-26(2,3)35(10,11)29-21-20-34-22(24(21)30(25(29)32)36(12,13)27(4,5)6)18-16-17-19-23(31)33-37(14,15)28(7,8)9/h21-22,24H,16-20H2,1-15H3. The molecule has 0 radical (unpaired) electrons. The summed E-state index contributed by atoms with van der Waals surface area (Å²) in [6.07, 6.45) is 3.43. The molecule has 2 heterocycles. The Balaban J connectivity index is 2.20. The van der Waals surface area contributed by atoms with Gasteiger partial charge < -0.3 is 13.6 Å². The Morgan fingerprint density at radius 3 is 1.78 bits per heavy atom. The molecule has 0 aliphatic carbocycles. The minimum atomic E-state index is -2.07. The Morgan fingerprint density at radius 1 is 0.838 bits per heavy atom. The molecule has 2 fully saturated rings. The van der Waals surface area contributed by atoms with E-state index >= 15 is 0 Å². The first-order valence-electron chi connectivity index (χ1n) is 14.3. The van der Waals surface area contributed by atoms with E-state index in [1.807, 2.05) is 0 Å². The number of thioether (sulfide) groups is 1. The van der Waals surface area contributed by atoms with E-state index in [0.29, 0.717) is 23.7 Å². The summed E-state index contributed by atoms with van der Waals surface area (Å²) < 4.78 is 10.8. The van der Waals surface area contributed by atoms with Crippen LogP contribution in [0.4, 0.5) is 4.79 Å². The second-order valence-electron chi connectivity index (χ2n) is 16.1. The maximum Gasteiger partial charge on any atom is 0.304 e. The summed E-state index contributed by atoms with van der Waals surface area (Å²) in [5.74, 6) is 0.998. The highest BCUT2D eigenvalue weighted by Gasteiger charge is 2.63. The maximum atomic E-state index is 14.3. The van der Waals surface area contributed by atoms with E-state index in [1.165, 1.54) is 0 Å². The van der Waals surface area contributed by atoms with Crippen LogP contribution >= 0.6 is 11.8 Å². The molecule has 0 aromatic carbocycles. The van der Waals surface area contributed by atoms with Crippen molar-refractivity contribution in [2.75, 3.05) is 5.75 Å². The molecule has 0 bridgehead atoms. The van der Waals surface area contributed by atoms with Crippen molar-refractivity contribution in [2.24, 2.45) is 0 Å². The Bertz CT molecular complexity index is 856. The van der Waals surface area contributed by atoms with Gasteiger partial charge in [0.05, 0.1) is 12.1 Å². The molecule has 3 unspecified atom stereocenters. The Hall–Kier alpha value is -0.259. The predicted molar refractivity (Wildman–Crippen MR) is 169 cm³/mol. The zero-order valence-corrected chi connectivity index (χ0v) is 30.6. The Morgan fingerprint density at radius 2 is 1.32 bits per heavy atom. The summed E-state index contributed by atoms with van der Waals surface area (Å²) >= 11 is 2.07. The van der Waals surface area contributed by atoms with E-state index in [-0.39, 0.29) is 27.1 Å².